The lowest BCUT2D eigenvalue weighted by molar-refractivity contribution is 0.383. The Bertz CT molecular complexity index is 554. The van der Waals surface area contributed by atoms with Gasteiger partial charge in [0, 0.05) is 5.56 Å². The molecule has 2 nitrogen and oxygen atoms in total. The van der Waals surface area contributed by atoms with Crippen molar-refractivity contribution < 1.29 is 9.13 Å². The van der Waals surface area contributed by atoms with E-state index in [1.807, 2.05) is 31.2 Å². The van der Waals surface area contributed by atoms with E-state index in [4.69, 9.17) is 10.5 Å². The average Bonchev–Trinajstić information content (AvgIpc) is 2.39. The van der Waals surface area contributed by atoms with Gasteiger partial charge in [-0.1, -0.05) is 36.4 Å². The molecule has 0 radical (unpaired) electrons. The predicted octanol–water partition coefficient (Wildman–Crippen LogP) is 3.19. The van der Waals surface area contributed by atoms with Gasteiger partial charge in [-0.3, -0.25) is 0 Å². The molecule has 0 saturated carbocycles. The summed E-state index contributed by atoms with van der Waals surface area (Å²) in [5.74, 6) is -0.174. The summed E-state index contributed by atoms with van der Waals surface area (Å²) < 4.78 is 19.1. The molecule has 0 amide bonds. The monoisotopic (exact) mass is 245 g/mol. The number of hydrogen-bond donors (Lipinski definition) is 1. The van der Waals surface area contributed by atoms with Crippen LogP contribution in [0, 0.1) is 12.7 Å². The van der Waals surface area contributed by atoms with Crippen LogP contribution in [0.5, 0.6) is 5.75 Å². The summed E-state index contributed by atoms with van der Waals surface area (Å²) in [6.07, 6.45) is 0. The van der Waals surface area contributed by atoms with Crippen LogP contribution in [-0.4, -0.2) is 7.11 Å². The number of ether oxygens (including phenoxy) is 1. The summed E-state index contributed by atoms with van der Waals surface area (Å²) in [5, 5.41) is 0. The minimum Gasteiger partial charge on any atom is -0.494 e. The number of aryl methyl sites for hydroxylation is 1. The van der Waals surface area contributed by atoms with Gasteiger partial charge in [0.15, 0.2) is 11.6 Å². The first-order chi connectivity index (χ1) is 8.65. The van der Waals surface area contributed by atoms with Crippen LogP contribution in [0.3, 0.4) is 0 Å². The number of benzene rings is 2. The van der Waals surface area contributed by atoms with Crippen LogP contribution in [0.4, 0.5) is 4.39 Å². The molecule has 0 bridgehead atoms. The minimum atomic E-state index is -0.485. The Kier molecular flexibility index (Phi) is 3.63. The quantitative estimate of drug-likeness (QED) is 0.901. The number of halogens is 1. The predicted molar refractivity (Wildman–Crippen MR) is 70.2 cm³/mol. The van der Waals surface area contributed by atoms with E-state index in [-0.39, 0.29) is 5.75 Å². The van der Waals surface area contributed by atoms with Crippen LogP contribution in [-0.2, 0) is 0 Å². The molecule has 1 unspecified atom stereocenters. The summed E-state index contributed by atoms with van der Waals surface area (Å²) in [7, 11) is 1.45. The van der Waals surface area contributed by atoms with Gasteiger partial charge < -0.3 is 10.5 Å². The number of rotatable bonds is 3. The molecule has 94 valence electrons. The highest BCUT2D eigenvalue weighted by atomic mass is 19.1. The van der Waals surface area contributed by atoms with E-state index in [2.05, 4.69) is 0 Å². The maximum Gasteiger partial charge on any atom is 0.170 e. The molecule has 2 rings (SSSR count). The van der Waals surface area contributed by atoms with E-state index in [0.29, 0.717) is 5.56 Å². The van der Waals surface area contributed by atoms with E-state index in [1.165, 1.54) is 7.11 Å². The third-order valence-corrected chi connectivity index (χ3v) is 3.07. The topological polar surface area (TPSA) is 35.2 Å². The molecular formula is C15H16FNO. The van der Waals surface area contributed by atoms with Gasteiger partial charge in [-0.25, -0.2) is 4.39 Å². The summed E-state index contributed by atoms with van der Waals surface area (Å²) in [6, 6.07) is 12.3. The lowest BCUT2D eigenvalue weighted by Crippen LogP contribution is -2.15. The molecule has 0 heterocycles. The second-order valence-electron chi connectivity index (χ2n) is 4.20. The third-order valence-electron chi connectivity index (χ3n) is 3.07. The first-order valence-corrected chi connectivity index (χ1v) is 5.78. The van der Waals surface area contributed by atoms with Crippen LogP contribution in [0.2, 0.25) is 0 Å². The zero-order valence-electron chi connectivity index (χ0n) is 10.5. The van der Waals surface area contributed by atoms with Gasteiger partial charge in [-0.15, -0.1) is 0 Å². The molecule has 0 fully saturated rings. The van der Waals surface area contributed by atoms with Crippen LogP contribution in [0.1, 0.15) is 22.7 Å². The van der Waals surface area contributed by atoms with Crippen molar-refractivity contribution in [2.24, 2.45) is 5.73 Å². The van der Waals surface area contributed by atoms with Crippen LogP contribution in [0.25, 0.3) is 0 Å². The zero-order chi connectivity index (χ0) is 13.1. The van der Waals surface area contributed by atoms with Gasteiger partial charge in [0.1, 0.15) is 0 Å². The van der Waals surface area contributed by atoms with Crippen LogP contribution in [0.15, 0.2) is 42.5 Å². The van der Waals surface area contributed by atoms with Crippen molar-refractivity contribution in [3.63, 3.8) is 0 Å². The van der Waals surface area contributed by atoms with Crippen LogP contribution < -0.4 is 10.5 Å². The Morgan fingerprint density at radius 3 is 2.39 bits per heavy atom. The summed E-state index contributed by atoms with van der Waals surface area (Å²) in [5.41, 5.74) is 8.56. The van der Waals surface area contributed by atoms with E-state index in [9.17, 15) is 4.39 Å². The normalized spacial score (nSPS) is 12.2. The molecule has 2 N–H and O–H groups in total. The van der Waals surface area contributed by atoms with Crippen molar-refractivity contribution in [1.29, 1.82) is 0 Å². The third kappa shape index (κ3) is 2.22. The molecule has 0 saturated heterocycles. The van der Waals surface area contributed by atoms with Crippen molar-refractivity contribution in [2.45, 2.75) is 13.0 Å². The largest absolute Gasteiger partial charge is 0.494 e. The fourth-order valence-electron chi connectivity index (χ4n) is 2.03. The molecule has 1 atom stereocenters. The highest BCUT2D eigenvalue weighted by molar-refractivity contribution is 5.40. The zero-order valence-corrected chi connectivity index (χ0v) is 10.5. The molecule has 0 aliphatic heterocycles. The highest BCUT2D eigenvalue weighted by Gasteiger charge is 2.17. The lowest BCUT2D eigenvalue weighted by atomic mass is 9.95. The van der Waals surface area contributed by atoms with Crippen molar-refractivity contribution in [2.75, 3.05) is 7.11 Å². The van der Waals surface area contributed by atoms with Crippen molar-refractivity contribution in [3.05, 3.63) is 65.0 Å². The maximum absolute atomic E-state index is 14.1. The molecule has 0 spiro atoms. The molecular weight excluding hydrogens is 229 g/mol. The molecule has 0 aliphatic rings. The van der Waals surface area contributed by atoms with Gasteiger partial charge in [-0.2, -0.15) is 0 Å². The second kappa shape index (κ2) is 5.19. The number of nitrogens with two attached hydrogens (primary N) is 1. The number of hydrogen-bond acceptors (Lipinski definition) is 2. The fraction of sp³-hybridized carbons (Fsp3) is 0.200. The Morgan fingerprint density at radius 2 is 1.72 bits per heavy atom. The van der Waals surface area contributed by atoms with Crippen LogP contribution >= 0.6 is 0 Å². The van der Waals surface area contributed by atoms with E-state index >= 15 is 0 Å². The average molecular weight is 245 g/mol. The van der Waals surface area contributed by atoms with Gasteiger partial charge in [0.25, 0.3) is 0 Å². The summed E-state index contributed by atoms with van der Waals surface area (Å²) in [6.45, 7) is 1.97. The van der Waals surface area contributed by atoms with Gasteiger partial charge >= 0.3 is 0 Å². The fourth-order valence-corrected chi connectivity index (χ4v) is 2.03. The van der Waals surface area contributed by atoms with E-state index < -0.39 is 11.9 Å². The molecule has 0 aromatic heterocycles. The minimum absolute atomic E-state index is 0.219. The molecule has 0 aliphatic carbocycles. The van der Waals surface area contributed by atoms with Gasteiger partial charge in [0.2, 0.25) is 0 Å². The Labute approximate surface area is 106 Å². The maximum atomic E-state index is 14.1. The summed E-state index contributed by atoms with van der Waals surface area (Å²) in [4.78, 5) is 0. The summed E-state index contributed by atoms with van der Waals surface area (Å²) >= 11 is 0. The smallest absolute Gasteiger partial charge is 0.170 e. The molecule has 18 heavy (non-hydrogen) atoms. The molecule has 2 aromatic rings. The van der Waals surface area contributed by atoms with Gasteiger partial charge in [-0.05, 0) is 24.1 Å². The first-order valence-electron chi connectivity index (χ1n) is 5.78. The van der Waals surface area contributed by atoms with Crippen molar-refractivity contribution in [1.82, 2.24) is 0 Å². The van der Waals surface area contributed by atoms with Crippen molar-refractivity contribution >= 4 is 0 Å². The van der Waals surface area contributed by atoms with E-state index in [1.54, 1.807) is 18.2 Å². The first kappa shape index (κ1) is 12.6. The number of methoxy groups -OCH3 is 1. The SMILES string of the molecule is COc1cccc(C(N)c2ccccc2C)c1F. The second-order valence-corrected chi connectivity index (χ2v) is 4.20. The molecule has 2 aromatic carbocycles. The van der Waals surface area contributed by atoms with E-state index in [0.717, 1.165) is 11.1 Å². The standard InChI is InChI=1S/C15H16FNO/c1-10-6-3-4-7-11(10)15(17)12-8-5-9-13(18-2)14(12)16/h3-9,15H,17H2,1-2H3. The lowest BCUT2D eigenvalue weighted by Gasteiger charge is -2.17. The van der Waals surface area contributed by atoms with Crippen molar-refractivity contribution in [3.8, 4) is 5.75 Å². The van der Waals surface area contributed by atoms with Gasteiger partial charge in [0.05, 0.1) is 13.2 Å². The Balaban J connectivity index is 2.47. The Hall–Kier alpha value is -1.87. The Morgan fingerprint density at radius 1 is 1.06 bits per heavy atom. The molecule has 3 heteroatoms. The highest BCUT2D eigenvalue weighted by Crippen LogP contribution is 2.28.